The van der Waals surface area contributed by atoms with Crippen molar-refractivity contribution in [3.63, 3.8) is 0 Å². The van der Waals surface area contributed by atoms with Crippen molar-refractivity contribution in [2.45, 2.75) is 44.6 Å². The van der Waals surface area contributed by atoms with Gasteiger partial charge in [-0.2, -0.15) is 5.10 Å². The van der Waals surface area contributed by atoms with E-state index in [-0.39, 0.29) is 10.8 Å². The molecule has 0 bridgehead atoms. The molecule has 0 radical (unpaired) electrons. The summed E-state index contributed by atoms with van der Waals surface area (Å²) < 4.78 is 30.8. The minimum atomic E-state index is -3.82. The highest BCUT2D eigenvalue weighted by atomic mass is 32.2. The molecule has 8 nitrogen and oxygen atoms in total. The van der Waals surface area contributed by atoms with Crippen LogP contribution in [0.25, 0.3) is 10.8 Å². The Morgan fingerprint density at radius 3 is 2.66 bits per heavy atom. The van der Waals surface area contributed by atoms with E-state index in [0.717, 1.165) is 29.3 Å². The quantitative estimate of drug-likeness (QED) is 0.533. The van der Waals surface area contributed by atoms with Crippen molar-refractivity contribution < 1.29 is 18.3 Å². The van der Waals surface area contributed by atoms with Gasteiger partial charge in [-0.25, -0.2) is 8.42 Å². The van der Waals surface area contributed by atoms with Gasteiger partial charge in [-0.05, 0) is 31.9 Å². The van der Waals surface area contributed by atoms with Gasteiger partial charge in [0.15, 0.2) is 0 Å². The number of unbranched alkanes of at least 4 members (excludes halogenated alkanes) is 1. The fourth-order valence-electron chi connectivity index (χ4n) is 4.23. The lowest BCUT2D eigenvalue weighted by atomic mass is 10.1. The Bertz CT molecular complexity index is 1250. The lowest BCUT2D eigenvalue weighted by Gasteiger charge is -2.22. The van der Waals surface area contributed by atoms with Gasteiger partial charge in [-0.1, -0.05) is 37.6 Å². The van der Waals surface area contributed by atoms with Crippen LogP contribution < -0.4 is 9.62 Å². The van der Waals surface area contributed by atoms with Crippen LogP contribution in [0.1, 0.15) is 31.9 Å². The number of carboxylic acid groups (broad SMARTS) is 1. The average Bonchev–Trinajstić information content (AvgIpc) is 3.40. The summed E-state index contributed by atoms with van der Waals surface area (Å²) in [7, 11) is -3.82. The zero-order chi connectivity index (χ0) is 22.9. The molecule has 0 unspecified atom stereocenters. The van der Waals surface area contributed by atoms with Gasteiger partial charge >= 0.3 is 5.97 Å². The molecule has 2 aromatic carbocycles. The largest absolute Gasteiger partial charge is 0.481 e. The predicted molar refractivity (Wildman–Crippen MR) is 125 cm³/mol. The summed E-state index contributed by atoms with van der Waals surface area (Å²) in [5.41, 5.74) is 1.86. The molecule has 1 saturated heterocycles. The number of rotatable bonds is 8. The highest BCUT2D eigenvalue weighted by molar-refractivity contribution is 7.92. The second-order valence-corrected chi connectivity index (χ2v) is 9.90. The molecule has 1 aromatic heterocycles. The van der Waals surface area contributed by atoms with Gasteiger partial charge < -0.3 is 10.0 Å². The topological polar surface area (TPSA) is 105 Å². The number of hydrogen-bond donors (Lipinski definition) is 2. The van der Waals surface area contributed by atoms with E-state index < -0.39 is 16.0 Å². The van der Waals surface area contributed by atoms with Gasteiger partial charge in [-0.15, -0.1) is 0 Å². The molecule has 0 amide bonds. The molecule has 0 aliphatic carbocycles. The molecule has 1 atom stereocenters. The third-order valence-electron chi connectivity index (χ3n) is 5.96. The highest BCUT2D eigenvalue weighted by Crippen LogP contribution is 2.36. The Morgan fingerprint density at radius 1 is 1.22 bits per heavy atom. The molecule has 2 heterocycles. The molecule has 1 fully saturated rings. The normalized spacial score (nSPS) is 16.6. The predicted octanol–water partition coefficient (Wildman–Crippen LogP) is 3.86. The van der Waals surface area contributed by atoms with Crippen LogP contribution in [0.3, 0.4) is 0 Å². The van der Waals surface area contributed by atoms with Gasteiger partial charge in [-0.3, -0.25) is 14.2 Å². The van der Waals surface area contributed by atoms with Crippen molar-refractivity contribution in [2.24, 2.45) is 5.92 Å². The number of carboxylic acids is 1. The van der Waals surface area contributed by atoms with Gasteiger partial charge in [0.25, 0.3) is 10.0 Å². The fourth-order valence-corrected chi connectivity index (χ4v) is 5.49. The van der Waals surface area contributed by atoms with E-state index in [2.05, 4.69) is 21.6 Å². The standard InChI is InChI=1S/C23H28N4O4S/c1-3-4-12-27-15-22(16(2)24-27)32(30,31)25-20-9-10-21(19-8-6-5-7-18(19)20)26-13-11-17(14-26)23(28)29/h5-10,15,17,25H,3-4,11-14H2,1-2H3,(H,28,29)/t17-/m0/s1. The monoisotopic (exact) mass is 456 g/mol. The van der Waals surface area contributed by atoms with E-state index in [1.165, 1.54) is 0 Å². The van der Waals surface area contributed by atoms with E-state index in [1.807, 2.05) is 30.3 Å². The number of benzene rings is 2. The highest BCUT2D eigenvalue weighted by Gasteiger charge is 2.29. The average molecular weight is 457 g/mol. The van der Waals surface area contributed by atoms with Crippen LogP contribution in [0, 0.1) is 12.8 Å². The summed E-state index contributed by atoms with van der Waals surface area (Å²) in [6, 6.07) is 11.2. The number of sulfonamides is 1. The van der Waals surface area contributed by atoms with Crippen molar-refractivity contribution in [1.82, 2.24) is 9.78 Å². The van der Waals surface area contributed by atoms with Gasteiger partial charge in [0.1, 0.15) is 4.90 Å². The van der Waals surface area contributed by atoms with Crippen LogP contribution in [-0.2, 0) is 21.4 Å². The van der Waals surface area contributed by atoms with Crippen molar-refractivity contribution in [3.05, 3.63) is 48.3 Å². The van der Waals surface area contributed by atoms with Crippen LogP contribution >= 0.6 is 0 Å². The third kappa shape index (κ3) is 4.29. The van der Waals surface area contributed by atoms with Gasteiger partial charge in [0.05, 0.1) is 17.3 Å². The maximum atomic E-state index is 13.2. The Hall–Kier alpha value is -3.07. The maximum Gasteiger partial charge on any atom is 0.308 e. The Balaban J connectivity index is 1.66. The van der Waals surface area contributed by atoms with Crippen LogP contribution in [0.15, 0.2) is 47.5 Å². The lowest BCUT2D eigenvalue weighted by molar-refractivity contribution is -0.140. The molecule has 2 N–H and O–H groups in total. The number of aliphatic carboxylic acids is 1. The first-order chi connectivity index (χ1) is 15.3. The van der Waals surface area contributed by atoms with Gasteiger partial charge in [0.2, 0.25) is 0 Å². The third-order valence-corrected chi connectivity index (χ3v) is 7.42. The van der Waals surface area contributed by atoms with Crippen molar-refractivity contribution in [2.75, 3.05) is 22.7 Å². The zero-order valence-corrected chi connectivity index (χ0v) is 19.1. The fraction of sp³-hybridized carbons (Fsp3) is 0.391. The molecule has 1 aliphatic heterocycles. The SMILES string of the molecule is CCCCn1cc(S(=O)(=O)Nc2ccc(N3CC[C@H](C(=O)O)C3)c3ccccc23)c(C)n1. The number of fused-ring (bicyclic) bond motifs is 1. The number of nitrogens with zero attached hydrogens (tertiary/aromatic N) is 3. The summed E-state index contributed by atoms with van der Waals surface area (Å²) in [4.78, 5) is 13.6. The van der Waals surface area contributed by atoms with E-state index in [4.69, 9.17) is 0 Å². The second kappa shape index (κ2) is 8.82. The second-order valence-electron chi connectivity index (χ2n) is 8.25. The van der Waals surface area contributed by atoms with E-state index in [0.29, 0.717) is 37.4 Å². The number of anilines is 2. The number of hydrogen-bond acceptors (Lipinski definition) is 5. The molecule has 32 heavy (non-hydrogen) atoms. The summed E-state index contributed by atoms with van der Waals surface area (Å²) in [6.45, 7) is 5.55. The number of carbonyl (C=O) groups is 1. The zero-order valence-electron chi connectivity index (χ0n) is 18.3. The van der Waals surface area contributed by atoms with Crippen LogP contribution in [0.2, 0.25) is 0 Å². The first-order valence-electron chi connectivity index (χ1n) is 10.9. The molecule has 0 spiro atoms. The number of aryl methyl sites for hydroxylation is 2. The Labute approximate surface area is 187 Å². The molecule has 9 heteroatoms. The van der Waals surface area contributed by atoms with Crippen LogP contribution in [0.4, 0.5) is 11.4 Å². The summed E-state index contributed by atoms with van der Waals surface area (Å²) in [5, 5.41) is 15.3. The van der Waals surface area contributed by atoms with Crippen molar-refractivity contribution >= 4 is 38.1 Å². The minimum Gasteiger partial charge on any atom is -0.481 e. The lowest BCUT2D eigenvalue weighted by Crippen LogP contribution is -2.23. The summed E-state index contributed by atoms with van der Waals surface area (Å²) >= 11 is 0. The van der Waals surface area contributed by atoms with Gasteiger partial charge in [0, 0.05) is 42.3 Å². The molecule has 1 aliphatic rings. The molecular formula is C23H28N4O4S. The number of nitrogens with one attached hydrogen (secondary N) is 1. The molecule has 0 saturated carbocycles. The van der Waals surface area contributed by atoms with Crippen LogP contribution in [0.5, 0.6) is 0 Å². The molecular weight excluding hydrogens is 428 g/mol. The number of aromatic nitrogens is 2. The van der Waals surface area contributed by atoms with Crippen molar-refractivity contribution in [1.29, 1.82) is 0 Å². The first-order valence-corrected chi connectivity index (χ1v) is 12.3. The van der Waals surface area contributed by atoms with E-state index in [9.17, 15) is 18.3 Å². The Morgan fingerprint density at radius 2 is 1.97 bits per heavy atom. The minimum absolute atomic E-state index is 0.172. The summed E-state index contributed by atoms with van der Waals surface area (Å²) in [5.74, 6) is -1.17. The van der Waals surface area contributed by atoms with Crippen molar-refractivity contribution in [3.8, 4) is 0 Å². The van der Waals surface area contributed by atoms with E-state index in [1.54, 1.807) is 23.9 Å². The molecule has 3 aromatic rings. The maximum absolute atomic E-state index is 13.2. The smallest absolute Gasteiger partial charge is 0.308 e. The molecule has 4 rings (SSSR count). The summed E-state index contributed by atoms with van der Waals surface area (Å²) in [6.07, 6.45) is 4.11. The van der Waals surface area contributed by atoms with E-state index >= 15 is 0 Å². The Kier molecular flexibility index (Phi) is 6.10. The van der Waals surface area contributed by atoms with Crippen LogP contribution in [-0.4, -0.2) is 42.4 Å². The first kappa shape index (κ1) is 22.1. The molecule has 170 valence electrons.